The summed E-state index contributed by atoms with van der Waals surface area (Å²) in [5.74, 6) is 0.578. The SMILES string of the molecule is Cc1cccc(C(=O)Nc2nnc(CSc3ccccc3)s2)c1. The van der Waals surface area contributed by atoms with E-state index in [1.54, 1.807) is 17.8 Å². The van der Waals surface area contributed by atoms with E-state index in [4.69, 9.17) is 0 Å². The summed E-state index contributed by atoms with van der Waals surface area (Å²) in [6, 6.07) is 17.6. The van der Waals surface area contributed by atoms with Gasteiger partial charge in [-0.2, -0.15) is 0 Å². The molecule has 1 N–H and O–H groups in total. The van der Waals surface area contributed by atoms with Gasteiger partial charge in [-0.15, -0.1) is 22.0 Å². The van der Waals surface area contributed by atoms with Crippen LogP contribution in [0.4, 0.5) is 5.13 Å². The molecular weight excluding hydrogens is 326 g/mol. The summed E-state index contributed by atoms with van der Waals surface area (Å²) in [5.41, 5.74) is 1.68. The molecule has 0 fully saturated rings. The Balaban J connectivity index is 1.60. The van der Waals surface area contributed by atoms with Gasteiger partial charge in [-0.25, -0.2) is 0 Å². The number of hydrogen-bond donors (Lipinski definition) is 1. The molecule has 0 bridgehead atoms. The highest BCUT2D eigenvalue weighted by molar-refractivity contribution is 7.98. The van der Waals surface area contributed by atoms with Crippen molar-refractivity contribution in [1.29, 1.82) is 0 Å². The van der Waals surface area contributed by atoms with E-state index in [2.05, 4.69) is 27.6 Å². The summed E-state index contributed by atoms with van der Waals surface area (Å²) < 4.78 is 0. The monoisotopic (exact) mass is 341 g/mol. The lowest BCUT2D eigenvalue weighted by Gasteiger charge is -2.01. The van der Waals surface area contributed by atoms with Crippen LogP contribution in [0.5, 0.6) is 0 Å². The molecule has 0 saturated carbocycles. The second-order valence-corrected chi connectivity index (χ2v) is 7.04. The zero-order valence-corrected chi connectivity index (χ0v) is 14.2. The minimum atomic E-state index is -0.160. The van der Waals surface area contributed by atoms with Gasteiger partial charge in [0.05, 0.1) is 5.75 Å². The van der Waals surface area contributed by atoms with Crippen LogP contribution in [-0.4, -0.2) is 16.1 Å². The normalized spacial score (nSPS) is 10.5. The van der Waals surface area contributed by atoms with Crippen molar-refractivity contribution >= 4 is 34.1 Å². The number of thioether (sulfide) groups is 1. The number of carbonyl (C=O) groups is 1. The lowest BCUT2D eigenvalue weighted by atomic mass is 10.1. The van der Waals surface area contributed by atoms with Gasteiger partial charge in [-0.05, 0) is 31.2 Å². The molecule has 2 aromatic carbocycles. The predicted octanol–water partition coefficient (Wildman–Crippen LogP) is 4.39. The van der Waals surface area contributed by atoms with E-state index < -0.39 is 0 Å². The molecule has 0 spiro atoms. The van der Waals surface area contributed by atoms with Crippen molar-refractivity contribution < 1.29 is 4.79 Å². The second kappa shape index (κ2) is 7.39. The first-order valence-electron chi connectivity index (χ1n) is 7.09. The van der Waals surface area contributed by atoms with Crippen molar-refractivity contribution in [3.05, 3.63) is 70.7 Å². The van der Waals surface area contributed by atoms with Gasteiger partial charge in [0.1, 0.15) is 5.01 Å². The van der Waals surface area contributed by atoms with Gasteiger partial charge < -0.3 is 0 Å². The smallest absolute Gasteiger partial charge is 0.257 e. The molecule has 116 valence electrons. The Morgan fingerprint density at radius 1 is 1.13 bits per heavy atom. The lowest BCUT2D eigenvalue weighted by molar-refractivity contribution is 0.102. The Kier molecular flexibility index (Phi) is 5.05. The summed E-state index contributed by atoms with van der Waals surface area (Å²) in [7, 11) is 0. The average Bonchev–Trinajstić information content (AvgIpc) is 3.01. The number of nitrogens with zero attached hydrogens (tertiary/aromatic N) is 2. The molecule has 6 heteroatoms. The highest BCUT2D eigenvalue weighted by atomic mass is 32.2. The number of aryl methyl sites for hydroxylation is 1. The van der Waals surface area contributed by atoms with Crippen LogP contribution >= 0.6 is 23.1 Å². The molecule has 1 amide bonds. The summed E-state index contributed by atoms with van der Waals surface area (Å²) in [5, 5.41) is 12.4. The Morgan fingerprint density at radius 3 is 2.74 bits per heavy atom. The molecule has 0 saturated heterocycles. The van der Waals surface area contributed by atoms with Crippen LogP contribution in [0, 0.1) is 6.92 Å². The second-order valence-electron chi connectivity index (χ2n) is 4.93. The molecule has 4 nitrogen and oxygen atoms in total. The molecular formula is C17H15N3OS2. The van der Waals surface area contributed by atoms with Gasteiger partial charge in [0.25, 0.3) is 5.91 Å². The van der Waals surface area contributed by atoms with Crippen LogP contribution in [0.1, 0.15) is 20.9 Å². The van der Waals surface area contributed by atoms with E-state index in [0.717, 1.165) is 16.3 Å². The summed E-state index contributed by atoms with van der Waals surface area (Å²) >= 11 is 3.10. The minimum Gasteiger partial charge on any atom is -0.296 e. The van der Waals surface area contributed by atoms with Crippen molar-refractivity contribution in [2.75, 3.05) is 5.32 Å². The van der Waals surface area contributed by atoms with E-state index >= 15 is 0 Å². The van der Waals surface area contributed by atoms with Crippen molar-refractivity contribution in [1.82, 2.24) is 10.2 Å². The Hall–Kier alpha value is -2.18. The summed E-state index contributed by atoms with van der Waals surface area (Å²) in [6.45, 7) is 1.96. The fourth-order valence-electron chi connectivity index (χ4n) is 1.98. The number of anilines is 1. The quantitative estimate of drug-likeness (QED) is 0.699. The highest BCUT2D eigenvalue weighted by Crippen LogP contribution is 2.25. The van der Waals surface area contributed by atoms with Gasteiger partial charge in [-0.1, -0.05) is 47.2 Å². The molecule has 0 unspecified atom stereocenters. The minimum absolute atomic E-state index is 0.160. The molecule has 3 aromatic rings. The van der Waals surface area contributed by atoms with Crippen LogP contribution in [-0.2, 0) is 5.75 Å². The number of aromatic nitrogens is 2. The molecule has 3 rings (SSSR count). The van der Waals surface area contributed by atoms with Crippen LogP contribution in [0.2, 0.25) is 0 Å². The Morgan fingerprint density at radius 2 is 1.96 bits per heavy atom. The molecule has 0 aliphatic heterocycles. The zero-order valence-electron chi connectivity index (χ0n) is 12.5. The van der Waals surface area contributed by atoms with Crippen molar-refractivity contribution in [3.63, 3.8) is 0 Å². The standard InChI is InChI=1S/C17H15N3OS2/c1-12-6-5-7-13(10-12)16(21)18-17-20-19-15(23-17)11-22-14-8-3-2-4-9-14/h2-10H,11H2,1H3,(H,18,20,21). The Labute approximate surface area is 143 Å². The third kappa shape index (κ3) is 4.40. The predicted molar refractivity (Wildman–Crippen MR) is 95.0 cm³/mol. The van der Waals surface area contributed by atoms with Gasteiger partial charge in [0.15, 0.2) is 0 Å². The van der Waals surface area contributed by atoms with Crippen molar-refractivity contribution in [2.45, 2.75) is 17.6 Å². The maximum Gasteiger partial charge on any atom is 0.257 e. The maximum absolute atomic E-state index is 12.2. The van der Waals surface area contributed by atoms with Gasteiger partial charge in [0, 0.05) is 10.5 Å². The van der Waals surface area contributed by atoms with Crippen LogP contribution < -0.4 is 5.32 Å². The molecule has 1 heterocycles. The lowest BCUT2D eigenvalue weighted by Crippen LogP contribution is -2.11. The fraction of sp³-hybridized carbons (Fsp3) is 0.118. The fourth-order valence-corrected chi connectivity index (χ4v) is 3.62. The van der Waals surface area contributed by atoms with Crippen molar-refractivity contribution in [3.8, 4) is 0 Å². The average molecular weight is 341 g/mol. The summed E-state index contributed by atoms with van der Waals surface area (Å²) in [6.07, 6.45) is 0. The number of nitrogens with one attached hydrogen (secondary N) is 1. The number of amides is 1. The number of benzene rings is 2. The van der Waals surface area contributed by atoms with E-state index in [1.807, 2.05) is 43.3 Å². The van der Waals surface area contributed by atoms with E-state index in [-0.39, 0.29) is 5.91 Å². The molecule has 23 heavy (non-hydrogen) atoms. The molecule has 0 radical (unpaired) electrons. The number of hydrogen-bond acceptors (Lipinski definition) is 5. The number of rotatable bonds is 5. The maximum atomic E-state index is 12.2. The van der Waals surface area contributed by atoms with Gasteiger partial charge >= 0.3 is 0 Å². The highest BCUT2D eigenvalue weighted by Gasteiger charge is 2.10. The third-order valence-corrected chi connectivity index (χ3v) is 5.12. The van der Waals surface area contributed by atoms with Crippen LogP contribution in [0.25, 0.3) is 0 Å². The molecule has 0 atom stereocenters. The van der Waals surface area contributed by atoms with Gasteiger partial charge in [-0.3, -0.25) is 10.1 Å². The van der Waals surface area contributed by atoms with Gasteiger partial charge in [0.2, 0.25) is 5.13 Å². The number of carbonyl (C=O) groups excluding carboxylic acids is 1. The molecule has 0 aliphatic rings. The van der Waals surface area contributed by atoms with E-state index in [1.165, 1.54) is 16.2 Å². The van der Waals surface area contributed by atoms with Crippen LogP contribution in [0.3, 0.4) is 0 Å². The van der Waals surface area contributed by atoms with E-state index in [9.17, 15) is 4.79 Å². The van der Waals surface area contributed by atoms with Crippen LogP contribution in [0.15, 0.2) is 59.5 Å². The molecule has 0 aliphatic carbocycles. The first-order valence-corrected chi connectivity index (χ1v) is 8.89. The van der Waals surface area contributed by atoms with Crippen molar-refractivity contribution in [2.24, 2.45) is 0 Å². The first-order chi connectivity index (χ1) is 11.2. The Bertz CT molecular complexity index is 802. The molecule has 1 aromatic heterocycles. The zero-order chi connectivity index (χ0) is 16.1. The summed E-state index contributed by atoms with van der Waals surface area (Å²) in [4.78, 5) is 13.4. The topological polar surface area (TPSA) is 54.9 Å². The largest absolute Gasteiger partial charge is 0.296 e. The van der Waals surface area contributed by atoms with E-state index in [0.29, 0.717) is 10.7 Å². The third-order valence-electron chi connectivity index (χ3n) is 3.07. The first kappa shape index (κ1) is 15.7.